The number of carbonyl (C=O) groups is 1. The molecule has 0 radical (unpaired) electrons. The zero-order valence-electron chi connectivity index (χ0n) is 9.64. The van der Waals surface area contributed by atoms with Crippen LogP contribution in [0.5, 0.6) is 0 Å². The van der Waals surface area contributed by atoms with Crippen molar-refractivity contribution < 1.29 is 13.9 Å². The number of hydrogen-bond acceptors (Lipinski definition) is 3. The first-order chi connectivity index (χ1) is 8.59. The Balaban J connectivity index is 2.14. The van der Waals surface area contributed by atoms with Crippen LogP contribution in [0.25, 0.3) is 0 Å². The highest BCUT2D eigenvalue weighted by Crippen LogP contribution is 2.13. The summed E-state index contributed by atoms with van der Waals surface area (Å²) in [5, 5.41) is 0. The van der Waals surface area contributed by atoms with E-state index < -0.39 is 11.9 Å². The molecule has 1 amide bonds. The number of hydrogen-bond donors (Lipinski definition) is 1. The molecule has 0 aliphatic carbocycles. The highest BCUT2D eigenvalue weighted by molar-refractivity contribution is 7.80. The van der Waals surface area contributed by atoms with Crippen molar-refractivity contribution in [3.8, 4) is 0 Å². The fourth-order valence-corrected chi connectivity index (χ4v) is 1.95. The van der Waals surface area contributed by atoms with Crippen molar-refractivity contribution in [2.24, 2.45) is 5.73 Å². The molecule has 1 aliphatic rings. The van der Waals surface area contributed by atoms with Crippen LogP contribution in [-0.2, 0) is 4.74 Å². The van der Waals surface area contributed by atoms with Gasteiger partial charge in [0.05, 0.1) is 18.7 Å². The summed E-state index contributed by atoms with van der Waals surface area (Å²) < 4.78 is 18.9. The zero-order valence-corrected chi connectivity index (χ0v) is 10.5. The topological polar surface area (TPSA) is 55.6 Å². The van der Waals surface area contributed by atoms with Crippen molar-refractivity contribution in [2.45, 2.75) is 6.10 Å². The Kier molecular flexibility index (Phi) is 3.88. The van der Waals surface area contributed by atoms with Crippen molar-refractivity contribution in [1.29, 1.82) is 0 Å². The first kappa shape index (κ1) is 12.9. The van der Waals surface area contributed by atoms with Gasteiger partial charge in [0, 0.05) is 6.54 Å². The van der Waals surface area contributed by atoms with Gasteiger partial charge in [-0.1, -0.05) is 24.4 Å². The Labute approximate surface area is 110 Å². The quantitative estimate of drug-likeness (QED) is 0.812. The van der Waals surface area contributed by atoms with E-state index in [9.17, 15) is 9.18 Å². The van der Waals surface area contributed by atoms with Crippen LogP contribution >= 0.6 is 12.2 Å². The number of morpholine rings is 1. The van der Waals surface area contributed by atoms with Gasteiger partial charge in [0.25, 0.3) is 5.91 Å². The minimum atomic E-state index is -0.527. The monoisotopic (exact) mass is 268 g/mol. The normalized spacial score (nSPS) is 19.6. The summed E-state index contributed by atoms with van der Waals surface area (Å²) in [5.41, 5.74) is 5.55. The molecule has 0 aromatic heterocycles. The standard InChI is InChI=1S/C12H13FN2O2S/c13-9-4-2-1-3-8(9)12(16)15-5-6-17-10(7-15)11(14)18/h1-4,10H,5-7H2,(H2,14,18). The van der Waals surface area contributed by atoms with E-state index >= 15 is 0 Å². The lowest BCUT2D eigenvalue weighted by Gasteiger charge is -2.32. The van der Waals surface area contributed by atoms with E-state index in [1.807, 2.05) is 0 Å². The highest BCUT2D eigenvalue weighted by Gasteiger charge is 2.27. The Morgan fingerprint density at radius 3 is 2.89 bits per heavy atom. The van der Waals surface area contributed by atoms with Crippen LogP contribution in [0.4, 0.5) is 4.39 Å². The molecule has 1 heterocycles. The van der Waals surface area contributed by atoms with Gasteiger partial charge in [0.15, 0.2) is 0 Å². The molecular weight excluding hydrogens is 255 g/mol. The van der Waals surface area contributed by atoms with E-state index in [0.717, 1.165) is 0 Å². The van der Waals surface area contributed by atoms with Gasteiger partial charge in [-0.2, -0.15) is 0 Å². The molecule has 2 rings (SSSR count). The first-order valence-corrected chi connectivity index (χ1v) is 5.95. The molecule has 1 aromatic rings. The number of amides is 1. The predicted octanol–water partition coefficient (Wildman–Crippen LogP) is 0.953. The van der Waals surface area contributed by atoms with E-state index in [1.165, 1.54) is 17.0 Å². The van der Waals surface area contributed by atoms with Crippen LogP contribution < -0.4 is 5.73 Å². The lowest BCUT2D eigenvalue weighted by Crippen LogP contribution is -2.50. The third kappa shape index (κ3) is 2.65. The molecule has 1 saturated heterocycles. The predicted molar refractivity (Wildman–Crippen MR) is 68.8 cm³/mol. The molecule has 2 N–H and O–H groups in total. The molecule has 1 aromatic carbocycles. The summed E-state index contributed by atoms with van der Waals surface area (Å²) >= 11 is 4.84. The van der Waals surface area contributed by atoms with Gasteiger partial charge in [-0.15, -0.1) is 0 Å². The lowest BCUT2D eigenvalue weighted by molar-refractivity contribution is 0.00856. The minimum Gasteiger partial charge on any atom is -0.391 e. The van der Waals surface area contributed by atoms with E-state index in [-0.39, 0.29) is 23.0 Å². The van der Waals surface area contributed by atoms with E-state index in [0.29, 0.717) is 13.2 Å². The molecule has 1 fully saturated rings. The largest absolute Gasteiger partial charge is 0.391 e. The van der Waals surface area contributed by atoms with Gasteiger partial charge < -0.3 is 15.4 Å². The molecule has 1 atom stereocenters. The van der Waals surface area contributed by atoms with Gasteiger partial charge in [-0.3, -0.25) is 4.79 Å². The number of nitrogens with zero attached hydrogens (tertiary/aromatic N) is 1. The van der Waals surface area contributed by atoms with Crippen molar-refractivity contribution >= 4 is 23.1 Å². The number of ether oxygens (including phenoxy) is 1. The van der Waals surface area contributed by atoms with Crippen LogP contribution in [0, 0.1) is 5.82 Å². The number of nitrogens with two attached hydrogens (primary N) is 1. The Bertz CT molecular complexity index is 481. The minimum absolute atomic E-state index is 0.0566. The van der Waals surface area contributed by atoms with E-state index in [2.05, 4.69) is 0 Å². The van der Waals surface area contributed by atoms with Gasteiger partial charge in [-0.05, 0) is 12.1 Å². The van der Waals surface area contributed by atoms with Crippen molar-refractivity contribution in [1.82, 2.24) is 4.90 Å². The number of rotatable bonds is 2. The molecule has 18 heavy (non-hydrogen) atoms. The molecule has 4 nitrogen and oxygen atoms in total. The molecule has 0 bridgehead atoms. The van der Waals surface area contributed by atoms with E-state index in [4.69, 9.17) is 22.7 Å². The SMILES string of the molecule is NC(=S)C1CN(C(=O)c2ccccc2F)CCO1. The van der Waals surface area contributed by atoms with Crippen LogP contribution in [0.2, 0.25) is 0 Å². The first-order valence-electron chi connectivity index (χ1n) is 5.54. The number of halogens is 1. The molecule has 6 heteroatoms. The Morgan fingerprint density at radius 1 is 1.50 bits per heavy atom. The molecule has 0 saturated carbocycles. The van der Waals surface area contributed by atoms with Gasteiger partial charge in [0.2, 0.25) is 0 Å². The maximum absolute atomic E-state index is 13.5. The van der Waals surface area contributed by atoms with Crippen LogP contribution in [0.15, 0.2) is 24.3 Å². The fourth-order valence-electron chi connectivity index (χ4n) is 1.81. The number of benzene rings is 1. The van der Waals surface area contributed by atoms with Gasteiger partial charge in [0.1, 0.15) is 16.9 Å². The van der Waals surface area contributed by atoms with Crippen molar-refractivity contribution in [3.05, 3.63) is 35.6 Å². The third-order valence-electron chi connectivity index (χ3n) is 2.78. The summed E-state index contributed by atoms with van der Waals surface area (Å²) in [6, 6.07) is 5.90. The molecule has 1 unspecified atom stereocenters. The molecule has 0 spiro atoms. The molecule has 96 valence electrons. The second kappa shape index (κ2) is 5.41. The van der Waals surface area contributed by atoms with E-state index in [1.54, 1.807) is 12.1 Å². The Morgan fingerprint density at radius 2 is 2.22 bits per heavy atom. The lowest BCUT2D eigenvalue weighted by atomic mass is 10.1. The van der Waals surface area contributed by atoms with Crippen molar-refractivity contribution in [3.63, 3.8) is 0 Å². The maximum Gasteiger partial charge on any atom is 0.257 e. The summed E-state index contributed by atoms with van der Waals surface area (Å²) in [7, 11) is 0. The van der Waals surface area contributed by atoms with Crippen LogP contribution in [-0.4, -0.2) is 41.6 Å². The zero-order chi connectivity index (χ0) is 13.1. The van der Waals surface area contributed by atoms with Crippen molar-refractivity contribution in [2.75, 3.05) is 19.7 Å². The summed E-state index contributed by atoms with van der Waals surface area (Å²) in [5.74, 6) is -0.890. The highest BCUT2D eigenvalue weighted by atomic mass is 32.1. The summed E-state index contributed by atoms with van der Waals surface area (Å²) in [6.07, 6.45) is -0.454. The Hall–Kier alpha value is -1.53. The average Bonchev–Trinajstić information content (AvgIpc) is 2.38. The second-order valence-corrected chi connectivity index (χ2v) is 4.46. The van der Waals surface area contributed by atoms with Crippen LogP contribution in [0.3, 0.4) is 0 Å². The van der Waals surface area contributed by atoms with Crippen LogP contribution in [0.1, 0.15) is 10.4 Å². The van der Waals surface area contributed by atoms with Gasteiger partial charge >= 0.3 is 0 Å². The fraction of sp³-hybridized carbons (Fsp3) is 0.333. The van der Waals surface area contributed by atoms with Gasteiger partial charge in [-0.25, -0.2) is 4.39 Å². The molecular formula is C12H13FN2O2S. The summed E-state index contributed by atoms with van der Waals surface area (Å²) in [6.45, 7) is 1.02. The molecule has 1 aliphatic heterocycles. The smallest absolute Gasteiger partial charge is 0.257 e. The number of carbonyl (C=O) groups excluding carboxylic acids is 1. The second-order valence-electron chi connectivity index (χ2n) is 3.99. The third-order valence-corrected chi connectivity index (χ3v) is 3.04. The number of thiocarbonyl (C=S) groups is 1. The maximum atomic E-state index is 13.5. The summed E-state index contributed by atoms with van der Waals surface area (Å²) in [4.78, 5) is 13.8. The average molecular weight is 268 g/mol.